The Hall–Kier alpha value is -1.23. The predicted octanol–water partition coefficient (Wildman–Crippen LogP) is 3.21. The van der Waals surface area contributed by atoms with Gasteiger partial charge in [-0.1, -0.05) is 30.3 Å². The molecule has 1 saturated heterocycles. The highest BCUT2D eigenvalue weighted by atomic mass is 19.1. The summed E-state index contributed by atoms with van der Waals surface area (Å²) in [6.45, 7) is 4.35. The maximum absolute atomic E-state index is 13.6. The Morgan fingerprint density at radius 2 is 2.16 bits per heavy atom. The van der Waals surface area contributed by atoms with E-state index in [0.717, 1.165) is 5.56 Å². The van der Waals surface area contributed by atoms with Gasteiger partial charge in [-0.3, -0.25) is 0 Å². The van der Waals surface area contributed by atoms with Crippen LogP contribution in [0.4, 0.5) is 4.39 Å². The minimum absolute atomic E-state index is 0.0464. The minimum Gasteiger partial charge on any atom is -0.370 e. The maximum atomic E-state index is 13.6. The summed E-state index contributed by atoms with van der Waals surface area (Å²) in [6, 6.07) is 9.67. The zero-order chi connectivity index (χ0) is 13.7. The molecule has 0 unspecified atom stereocenters. The van der Waals surface area contributed by atoms with Crippen LogP contribution in [0.25, 0.3) is 0 Å². The SMILES string of the molecule is CC1(C)OC[C@H](/C=C(/F)COCc2ccccc2)O1. The molecular formula is C15H19FO3. The van der Waals surface area contributed by atoms with Gasteiger partial charge in [0.15, 0.2) is 5.79 Å². The molecule has 4 heteroatoms. The number of ether oxygens (including phenoxy) is 3. The lowest BCUT2D eigenvalue weighted by molar-refractivity contribution is -0.133. The molecule has 104 valence electrons. The Balaban J connectivity index is 1.74. The first kappa shape index (κ1) is 14.2. The van der Waals surface area contributed by atoms with Crippen molar-refractivity contribution >= 4 is 0 Å². The normalized spacial score (nSPS) is 22.7. The average molecular weight is 266 g/mol. The lowest BCUT2D eigenvalue weighted by Crippen LogP contribution is -2.20. The third kappa shape index (κ3) is 4.74. The monoisotopic (exact) mass is 266 g/mol. The predicted molar refractivity (Wildman–Crippen MR) is 70.2 cm³/mol. The number of halogens is 1. The first-order chi connectivity index (χ1) is 9.05. The summed E-state index contributed by atoms with van der Waals surface area (Å²) >= 11 is 0. The molecule has 0 saturated carbocycles. The molecule has 1 aromatic rings. The lowest BCUT2D eigenvalue weighted by atomic mass is 10.2. The van der Waals surface area contributed by atoms with Gasteiger partial charge in [-0.25, -0.2) is 4.39 Å². The van der Waals surface area contributed by atoms with Crippen LogP contribution in [0.3, 0.4) is 0 Å². The van der Waals surface area contributed by atoms with Crippen molar-refractivity contribution in [2.24, 2.45) is 0 Å². The molecule has 0 amide bonds. The van der Waals surface area contributed by atoms with E-state index in [0.29, 0.717) is 13.2 Å². The van der Waals surface area contributed by atoms with Gasteiger partial charge in [0, 0.05) is 0 Å². The molecule has 1 atom stereocenters. The Kier molecular flexibility index (Phi) is 4.69. The summed E-state index contributed by atoms with van der Waals surface area (Å²) in [5, 5.41) is 0. The van der Waals surface area contributed by atoms with Crippen molar-refractivity contribution in [2.75, 3.05) is 13.2 Å². The molecular weight excluding hydrogens is 247 g/mol. The molecule has 0 bridgehead atoms. The van der Waals surface area contributed by atoms with Gasteiger partial charge in [-0.2, -0.15) is 0 Å². The van der Waals surface area contributed by atoms with Gasteiger partial charge in [0.1, 0.15) is 11.9 Å². The fraction of sp³-hybridized carbons (Fsp3) is 0.467. The van der Waals surface area contributed by atoms with Crippen molar-refractivity contribution < 1.29 is 18.6 Å². The van der Waals surface area contributed by atoms with Crippen LogP contribution in [-0.4, -0.2) is 25.1 Å². The highest BCUT2D eigenvalue weighted by Gasteiger charge is 2.31. The Labute approximate surface area is 113 Å². The number of hydrogen-bond acceptors (Lipinski definition) is 3. The van der Waals surface area contributed by atoms with E-state index in [2.05, 4.69) is 0 Å². The highest BCUT2D eigenvalue weighted by Crippen LogP contribution is 2.23. The van der Waals surface area contributed by atoms with E-state index in [4.69, 9.17) is 14.2 Å². The zero-order valence-corrected chi connectivity index (χ0v) is 11.3. The first-order valence-corrected chi connectivity index (χ1v) is 6.35. The Bertz CT molecular complexity index is 428. The number of hydrogen-bond donors (Lipinski definition) is 0. The molecule has 19 heavy (non-hydrogen) atoms. The van der Waals surface area contributed by atoms with Crippen LogP contribution in [0.15, 0.2) is 42.2 Å². The number of benzene rings is 1. The average Bonchev–Trinajstić information content (AvgIpc) is 2.70. The standard InChI is InChI=1S/C15H19FO3/c1-15(2)18-11-14(19-15)8-13(16)10-17-9-12-6-4-3-5-7-12/h3-8,14H,9-11H2,1-2H3/b13-8+/t14-/m0/s1. The summed E-state index contributed by atoms with van der Waals surface area (Å²) in [5.41, 5.74) is 1.02. The van der Waals surface area contributed by atoms with Crippen LogP contribution in [0, 0.1) is 0 Å². The summed E-state index contributed by atoms with van der Waals surface area (Å²) in [7, 11) is 0. The van der Waals surface area contributed by atoms with E-state index in [1.54, 1.807) is 0 Å². The summed E-state index contributed by atoms with van der Waals surface area (Å²) in [5.74, 6) is -0.964. The molecule has 1 aromatic carbocycles. The van der Waals surface area contributed by atoms with E-state index >= 15 is 0 Å². The van der Waals surface area contributed by atoms with Gasteiger partial charge in [0.2, 0.25) is 0 Å². The van der Waals surface area contributed by atoms with E-state index in [1.807, 2.05) is 44.2 Å². The van der Waals surface area contributed by atoms with Crippen LogP contribution in [0.2, 0.25) is 0 Å². The van der Waals surface area contributed by atoms with Gasteiger partial charge in [0.05, 0.1) is 19.8 Å². The maximum Gasteiger partial charge on any atom is 0.163 e. The Morgan fingerprint density at radius 3 is 2.79 bits per heavy atom. The number of rotatable bonds is 5. The Morgan fingerprint density at radius 1 is 1.42 bits per heavy atom. The molecule has 0 aliphatic carbocycles. The van der Waals surface area contributed by atoms with Crippen molar-refractivity contribution in [1.82, 2.24) is 0 Å². The van der Waals surface area contributed by atoms with Gasteiger partial charge >= 0.3 is 0 Å². The van der Waals surface area contributed by atoms with Crippen molar-refractivity contribution in [2.45, 2.75) is 32.3 Å². The molecule has 1 aliphatic heterocycles. The van der Waals surface area contributed by atoms with Gasteiger partial charge < -0.3 is 14.2 Å². The second-order valence-corrected chi connectivity index (χ2v) is 4.96. The molecule has 0 N–H and O–H groups in total. The molecule has 2 rings (SSSR count). The van der Waals surface area contributed by atoms with E-state index in [9.17, 15) is 4.39 Å². The largest absolute Gasteiger partial charge is 0.370 e. The molecule has 0 aromatic heterocycles. The van der Waals surface area contributed by atoms with Crippen LogP contribution in [0.5, 0.6) is 0 Å². The molecule has 0 radical (unpaired) electrons. The van der Waals surface area contributed by atoms with E-state index in [-0.39, 0.29) is 18.5 Å². The third-order valence-electron chi connectivity index (χ3n) is 2.75. The molecule has 1 fully saturated rings. The van der Waals surface area contributed by atoms with Gasteiger partial charge in [0.25, 0.3) is 0 Å². The van der Waals surface area contributed by atoms with Gasteiger partial charge in [-0.05, 0) is 25.5 Å². The second-order valence-electron chi connectivity index (χ2n) is 4.96. The fourth-order valence-corrected chi connectivity index (χ4v) is 1.89. The van der Waals surface area contributed by atoms with Crippen LogP contribution in [-0.2, 0) is 20.8 Å². The van der Waals surface area contributed by atoms with Crippen LogP contribution >= 0.6 is 0 Å². The minimum atomic E-state index is -0.633. The molecule has 3 nitrogen and oxygen atoms in total. The summed E-state index contributed by atoms with van der Waals surface area (Å²) in [6.07, 6.45) is 1.08. The molecule has 1 heterocycles. The third-order valence-corrected chi connectivity index (χ3v) is 2.75. The fourth-order valence-electron chi connectivity index (χ4n) is 1.89. The zero-order valence-electron chi connectivity index (χ0n) is 11.3. The first-order valence-electron chi connectivity index (χ1n) is 6.35. The van der Waals surface area contributed by atoms with E-state index < -0.39 is 5.79 Å². The van der Waals surface area contributed by atoms with Crippen molar-refractivity contribution in [3.63, 3.8) is 0 Å². The van der Waals surface area contributed by atoms with Crippen LogP contribution < -0.4 is 0 Å². The topological polar surface area (TPSA) is 27.7 Å². The smallest absolute Gasteiger partial charge is 0.163 e. The molecule has 0 spiro atoms. The summed E-state index contributed by atoms with van der Waals surface area (Å²) < 4.78 is 29.8. The lowest BCUT2D eigenvalue weighted by Gasteiger charge is -2.15. The van der Waals surface area contributed by atoms with Crippen molar-refractivity contribution in [3.8, 4) is 0 Å². The van der Waals surface area contributed by atoms with Crippen LogP contribution in [0.1, 0.15) is 19.4 Å². The molecule has 1 aliphatic rings. The van der Waals surface area contributed by atoms with Crippen molar-refractivity contribution in [3.05, 3.63) is 47.8 Å². The second kappa shape index (κ2) is 6.28. The highest BCUT2D eigenvalue weighted by molar-refractivity contribution is 5.13. The summed E-state index contributed by atoms with van der Waals surface area (Å²) in [4.78, 5) is 0. The van der Waals surface area contributed by atoms with Gasteiger partial charge in [-0.15, -0.1) is 0 Å². The van der Waals surface area contributed by atoms with E-state index in [1.165, 1.54) is 6.08 Å². The van der Waals surface area contributed by atoms with Crippen molar-refractivity contribution in [1.29, 1.82) is 0 Å². The quantitative estimate of drug-likeness (QED) is 0.819.